The van der Waals surface area contributed by atoms with E-state index >= 15 is 0 Å². The Morgan fingerprint density at radius 2 is 1.92 bits per heavy atom. The van der Waals surface area contributed by atoms with Crippen LogP contribution in [0.2, 0.25) is 0 Å². The number of rotatable bonds is 0. The lowest BCUT2D eigenvalue weighted by atomic mass is 9.67. The van der Waals surface area contributed by atoms with Gasteiger partial charge in [0, 0.05) is 17.2 Å². The van der Waals surface area contributed by atoms with Crippen molar-refractivity contribution in [1.29, 1.82) is 0 Å². The Bertz CT molecular complexity index is 263. The molecule has 4 fully saturated rings. The van der Waals surface area contributed by atoms with Crippen LogP contribution in [-0.4, -0.2) is 10.7 Å². The van der Waals surface area contributed by atoms with Gasteiger partial charge in [-0.1, -0.05) is 0 Å². The Morgan fingerprint density at radius 1 is 1.15 bits per heavy atom. The van der Waals surface area contributed by atoms with Crippen molar-refractivity contribution in [3.05, 3.63) is 0 Å². The Labute approximate surface area is 83.8 Å². The summed E-state index contributed by atoms with van der Waals surface area (Å²) >= 11 is 6.55. The normalized spacial score (nSPS) is 53.9. The number of hydrogen-bond acceptors (Lipinski definition) is 1. The van der Waals surface area contributed by atoms with Crippen molar-refractivity contribution in [1.82, 2.24) is 0 Å². The quantitative estimate of drug-likeness (QED) is 0.547. The maximum Gasteiger partial charge on any atom is 0.136 e. The summed E-state index contributed by atoms with van der Waals surface area (Å²) in [4.78, 5) is 11.8. The van der Waals surface area contributed by atoms with Gasteiger partial charge < -0.3 is 0 Å². The lowest BCUT2D eigenvalue weighted by molar-refractivity contribution is -0.123. The van der Waals surface area contributed by atoms with E-state index in [2.05, 4.69) is 0 Å². The van der Waals surface area contributed by atoms with Crippen LogP contribution in [0.5, 0.6) is 0 Å². The topological polar surface area (TPSA) is 17.1 Å². The summed E-state index contributed by atoms with van der Waals surface area (Å²) in [5.74, 6) is 2.22. The molecule has 4 rings (SSSR count). The van der Waals surface area contributed by atoms with Crippen LogP contribution in [0.25, 0.3) is 0 Å². The largest absolute Gasteiger partial charge is 0.299 e. The fourth-order valence-corrected chi connectivity index (χ4v) is 4.50. The van der Waals surface area contributed by atoms with Crippen molar-refractivity contribution < 1.29 is 4.79 Å². The number of carbonyl (C=O) groups is 1. The molecule has 0 heterocycles. The van der Waals surface area contributed by atoms with E-state index in [1.54, 1.807) is 0 Å². The first-order valence-corrected chi connectivity index (χ1v) is 5.74. The lowest BCUT2D eigenvalue weighted by Gasteiger charge is -2.43. The molecule has 0 aromatic rings. The minimum absolute atomic E-state index is 0.0165. The standard InChI is InChI=1S/C11H15ClO/c12-11-4-7-1-8(5-11)3-10(13)9(2-7)6-11/h7-9H,1-6H2. The highest BCUT2D eigenvalue weighted by Crippen LogP contribution is 2.54. The Kier molecular flexibility index (Phi) is 1.59. The molecule has 0 aromatic carbocycles. The number of ketones is 1. The van der Waals surface area contributed by atoms with Crippen molar-refractivity contribution in [3.63, 3.8) is 0 Å². The first-order valence-electron chi connectivity index (χ1n) is 5.36. The van der Waals surface area contributed by atoms with E-state index in [0.29, 0.717) is 17.6 Å². The number of halogens is 1. The van der Waals surface area contributed by atoms with Crippen molar-refractivity contribution in [2.45, 2.75) is 43.4 Å². The van der Waals surface area contributed by atoms with Crippen molar-refractivity contribution >= 4 is 17.4 Å². The van der Waals surface area contributed by atoms with E-state index in [0.717, 1.165) is 31.6 Å². The number of carbonyl (C=O) groups excluding carboxylic acids is 1. The molecule has 0 spiro atoms. The van der Waals surface area contributed by atoms with Crippen molar-refractivity contribution in [3.8, 4) is 0 Å². The summed E-state index contributed by atoms with van der Waals surface area (Å²) in [6.45, 7) is 0. The van der Waals surface area contributed by atoms with Crippen LogP contribution < -0.4 is 0 Å². The van der Waals surface area contributed by atoms with Gasteiger partial charge in [0.1, 0.15) is 5.78 Å². The molecule has 4 aliphatic rings. The predicted molar refractivity (Wildman–Crippen MR) is 51.8 cm³/mol. The van der Waals surface area contributed by atoms with Gasteiger partial charge in [-0.2, -0.15) is 0 Å². The van der Waals surface area contributed by atoms with E-state index in [-0.39, 0.29) is 4.87 Å². The van der Waals surface area contributed by atoms with Crippen LogP contribution in [-0.2, 0) is 4.79 Å². The SMILES string of the molecule is O=C1CC2CC3CC1CC(Cl)(C2)C3. The van der Waals surface area contributed by atoms with Crippen LogP contribution >= 0.6 is 11.6 Å². The molecule has 0 saturated heterocycles. The van der Waals surface area contributed by atoms with Crippen LogP contribution in [0, 0.1) is 17.8 Å². The molecule has 4 atom stereocenters. The van der Waals surface area contributed by atoms with Crippen LogP contribution in [0.15, 0.2) is 0 Å². The zero-order chi connectivity index (χ0) is 9.05. The van der Waals surface area contributed by atoms with E-state index in [1.165, 1.54) is 12.8 Å². The molecule has 4 bridgehead atoms. The van der Waals surface area contributed by atoms with Gasteiger partial charge in [0.15, 0.2) is 0 Å². The molecule has 0 radical (unpaired) electrons. The maximum atomic E-state index is 11.7. The molecule has 13 heavy (non-hydrogen) atoms. The molecule has 2 heteroatoms. The average Bonchev–Trinajstić information content (AvgIpc) is 2.12. The summed E-state index contributed by atoms with van der Waals surface area (Å²) in [7, 11) is 0. The third-order valence-electron chi connectivity index (χ3n) is 4.15. The summed E-state index contributed by atoms with van der Waals surface area (Å²) in [6, 6.07) is 0. The lowest BCUT2D eigenvalue weighted by Crippen LogP contribution is -2.39. The Morgan fingerprint density at radius 3 is 2.69 bits per heavy atom. The fourth-order valence-electron chi connectivity index (χ4n) is 3.88. The summed E-state index contributed by atoms with van der Waals surface area (Å²) < 4.78 is 0. The summed E-state index contributed by atoms with van der Waals surface area (Å²) in [5, 5.41) is 0. The number of alkyl halides is 1. The van der Waals surface area contributed by atoms with Gasteiger partial charge in [-0.3, -0.25) is 4.79 Å². The molecule has 0 N–H and O–H groups in total. The first-order chi connectivity index (χ1) is 6.15. The van der Waals surface area contributed by atoms with E-state index in [1.807, 2.05) is 0 Å². The van der Waals surface area contributed by atoms with Gasteiger partial charge in [-0.15, -0.1) is 11.6 Å². The highest BCUT2D eigenvalue weighted by atomic mass is 35.5. The first kappa shape index (κ1) is 8.28. The molecule has 4 aliphatic carbocycles. The molecular formula is C11H15ClO. The third kappa shape index (κ3) is 1.24. The molecule has 1 nitrogen and oxygen atoms in total. The molecule has 0 aliphatic heterocycles. The molecule has 4 unspecified atom stereocenters. The molecule has 0 aromatic heterocycles. The average molecular weight is 199 g/mol. The zero-order valence-electron chi connectivity index (χ0n) is 7.76. The zero-order valence-corrected chi connectivity index (χ0v) is 8.52. The number of Topliss-reactive ketones (excluding diaryl/α,β-unsaturated/α-hetero) is 1. The highest BCUT2D eigenvalue weighted by molar-refractivity contribution is 6.24. The minimum Gasteiger partial charge on any atom is -0.299 e. The second kappa shape index (κ2) is 2.50. The number of hydrogen-bond donors (Lipinski definition) is 0. The minimum atomic E-state index is 0.0165. The fraction of sp³-hybridized carbons (Fsp3) is 0.909. The Balaban J connectivity index is 2.00. The summed E-state index contributed by atoms with van der Waals surface area (Å²) in [5.41, 5.74) is 0. The third-order valence-corrected chi connectivity index (χ3v) is 4.61. The maximum absolute atomic E-state index is 11.7. The van der Waals surface area contributed by atoms with Gasteiger partial charge in [0.05, 0.1) is 0 Å². The van der Waals surface area contributed by atoms with Crippen LogP contribution in [0.3, 0.4) is 0 Å². The predicted octanol–water partition coefficient (Wildman–Crippen LogP) is 2.76. The Hall–Kier alpha value is -0.0400. The smallest absolute Gasteiger partial charge is 0.136 e. The van der Waals surface area contributed by atoms with E-state index in [4.69, 9.17) is 11.6 Å². The van der Waals surface area contributed by atoms with Crippen molar-refractivity contribution in [2.24, 2.45) is 17.8 Å². The van der Waals surface area contributed by atoms with Gasteiger partial charge in [-0.05, 0) is 43.9 Å². The van der Waals surface area contributed by atoms with Gasteiger partial charge in [0.25, 0.3) is 0 Å². The van der Waals surface area contributed by atoms with Crippen LogP contribution in [0.4, 0.5) is 0 Å². The van der Waals surface area contributed by atoms with Crippen molar-refractivity contribution in [2.75, 3.05) is 0 Å². The molecule has 72 valence electrons. The van der Waals surface area contributed by atoms with E-state index < -0.39 is 0 Å². The monoisotopic (exact) mass is 198 g/mol. The second-order valence-electron chi connectivity index (χ2n) is 5.33. The molecule has 0 amide bonds. The second-order valence-corrected chi connectivity index (χ2v) is 6.14. The highest BCUT2D eigenvalue weighted by Gasteiger charge is 2.50. The number of fused-ring (bicyclic) bond motifs is 1. The van der Waals surface area contributed by atoms with Crippen LogP contribution in [0.1, 0.15) is 38.5 Å². The van der Waals surface area contributed by atoms with Gasteiger partial charge in [0.2, 0.25) is 0 Å². The molecule has 4 saturated carbocycles. The van der Waals surface area contributed by atoms with Gasteiger partial charge >= 0.3 is 0 Å². The molecular weight excluding hydrogens is 184 g/mol. The summed E-state index contributed by atoms with van der Waals surface area (Å²) in [6.07, 6.45) is 6.50. The van der Waals surface area contributed by atoms with E-state index in [9.17, 15) is 4.79 Å². The van der Waals surface area contributed by atoms with Gasteiger partial charge in [-0.25, -0.2) is 0 Å².